The van der Waals surface area contributed by atoms with Crippen molar-refractivity contribution in [3.8, 4) is 0 Å². The molecular formula is C12H10F4N2. The van der Waals surface area contributed by atoms with Crippen LogP contribution in [0.1, 0.15) is 5.56 Å². The van der Waals surface area contributed by atoms with Crippen molar-refractivity contribution in [1.29, 1.82) is 0 Å². The van der Waals surface area contributed by atoms with Crippen LogP contribution >= 0.6 is 0 Å². The largest absolute Gasteiger partial charge is 0.320 e. The zero-order valence-electron chi connectivity index (χ0n) is 9.13. The summed E-state index contributed by atoms with van der Waals surface area (Å²) in [6, 6.07) is 1.48. The van der Waals surface area contributed by atoms with Gasteiger partial charge in [-0.3, -0.25) is 5.73 Å². The number of rotatable bonds is 1. The van der Waals surface area contributed by atoms with Crippen LogP contribution in [0.2, 0.25) is 0 Å². The van der Waals surface area contributed by atoms with E-state index in [9.17, 15) is 17.6 Å². The molecule has 1 aliphatic rings. The molecule has 18 heavy (non-hydrogen) atoms. The van der Waals surface area contributed by atoms with Crippen LogP contribution in [0.15, 0.2) is 36.2 Å². The zero-order valence-corrected chi connectivity index (χ0v) is 9.13. The lowest BCUT2D eigenvalue weighted by atomic mass is 9.86. The molecule has 0 radical (unpaired) electrons. The summed E-state index contributed by atoms with van der Waals surface area (Å²) in [5, 5.41) is 0. The van der Waals surface area contributed by atoms with Gasteiger partial charge in [-0.2, -0.15) is 0 Å². The molecule has 0 heterocycles. The Morgan fingerprint density at radius 1 is 1.11 bits per heavy atom. The molecule has 0 aromatic heterocycles. The number of hydrogen-bond donors (Lipinski definition) is 2. The number of nitrogens with two attached hydrogens (primary N) is 2. The Morgan fingerprint density at radius 2 is 1.67 bits per heavy atom. The van der Waals surface area contributed by atoms with E-state index in [0.29, 0.717) is 0 Å². The summed E-state index contributed by atoms with van der Waals surface area (Å²) in [5.41, 5.74) is 8.88. The topological polar surface area (TPSA) is 52.0 Å². The molecule has 0 bridgehead atoms. The Labute approximate surface area is 101 Å². The van der Waals surface area contributed by atoms with Crippen LogP contribution in [0.5, 0.6) is 0 Å². The molecule has 0 saturated heterocycles. The van der Waals surface area contributed by atoms with Gasteiger partial charge in [0.05, 0.1) is 17.2 Å². The molecule has 2 atom stereocenters. The summed E-state index contributed by atoms with van der Waals surface area (Å²) < 4.78 is 54.9. The molecule has 1 aromatic carbocycles. The van der Waals surface area contributed by atoms with Gasteiger partial charge < -0.3 is 5.73 Å². The highest BCUT2D eigenvalue weighted by Crippen LogP contribution is 2.38. The molecule has 1 aliphatic carbocycles. The Balaban J connectivity index is 2.72. The average Bonchev–Trinajstić information content (AvgIpc) is 2.28. The summed E-state index contributed by atoms with van der Waals surface area (Å²) >= 11 is 0. The fourth-order valence-corrected chi connectivity index (χ4v) is 1.81. The van der Waals surface area contributed by atoms with Gasteiger partial charge in [0, 0.05) is 0 Å². The second-order valence-electron chi connectivity index (χ2n) is 3.97. The molecule has 0 fully saturated rings. The van der Waals surface area contributed by atoms with Gasteiger partial charge in [-0.05, 0) is 18.2 Å². The summed E-state index contributed by atoms with van der Waals surface area (Å²) in [5.74, 6) is -6.22. The molecular weight excluding hydrogens is 248 g/mol. The summed E-state index contributed by atoms with van der Waals surface area (Å²) in [7, 11) is 0. The first-order valence-electron chi connectivity index (χ1n) is 5.12. The number of hydrogen-bond acceptors (Lipinski definition) is 2. The standard InChI is InChI=1S/C12H10F4N2/c13-6-2-1-3-7(14)10(6)11-8(15)4-5-9(17)12(11,16)18/h1-5,9H,17-18H2. The normalized spacial score (nSPS) is 27.8. The molecule has 2 rings (SSSR count). The molecule has 0 spiro atoms. The van der Waals surface area contributed by atoms with Crippen LogP contribution in [-0.2, 0) is 0 Å². The van der Waals surface area contributed by atoms with Crippen molar-refractivity contribution in [3.05, 3.63) is 53.4 Å². The third-order valence-electron chi connectivity index (χ3n) is 2.77. The Morgan fingerprint density at radius 3 is 2.22 bits per heavy atom. The lowest BCUT2D eigenvalue weighted by molar-refractivity contribution is 0.223. The number of halogens is 4. The van der Waals surface area contributed by atoms with Crippen molar-refractivity contribution in [2.45, 2.75) is 11.8 Å². The van der Waals surface area contributed by atoms with Gasteiger partial charge in [0.2, 0.25) is 5.79 Å². The quantitative estimate of drug-likeness (QED) is 0.599. The van der Waals surface area contributed by atoms with Gasteiger partial charge in [-0.25, -0.2) is 17.6 Å². The highest BCUT2D eigenvalue weighted by molar-refractivity contribution is 5.78. The van der Waals surface area contributed by atoms with Gasteiger partial charge in [-0.1, -0.05) is 12.1 Å². The minimum absolute atomic E-state index is 0.834. The maximum atomic E-state index is 14.2. The van der Waals surface area contributed by atoms with Crippen molar-refractivity contribution in [2.24, 2.45) is 11.5 Å². The smallest absolute Gasteiger partial charge is 0.207 e. The summed E-state index contributed by atoms with van der Waals surface area (Å²) in [6.45, 7) is 0. The van der Waals surface area contributed by atoms with E-state index >= 15 is 0 Å². The fraction of sp³-hybridized carbons (Fsp3) is 0.167. The second kappa shape index (κ2) is 4.22. The molecule has 0 amide bonds. The zero-order chi connectivity index (χ0) is 13.5. The maximum Gasteiger partial charge on any atom is 0.207 e. The molecule has 0 aliphatic heterocycles. The molecule has 96 valence electrons. The van der Waals surface area contributed by atoms with Crippen LogP contribution in [0.3, 0.4) is 0 Å². The van der Waals surface area contributed by atoms with E-state index in [0.717, 1.165) is 30.4 Å². The Kier molecular flexibility index (Phi) is 3.00. The van der Waals surface area contributed by atoms with Crippen LogP contribution in [0.4, 0.5) is 17.6 Å². The van der Waals surface area contributed by atoms with E-state index < -0.39 is 40.4 Å². The van der Waals surface area contributed by atoms with Crippen LogP contribution in [-0.4, -0.2) is 11.8 Å². The monoisotopic (exact) mass is 258 g/mol. The molecule has 2 nitrogen and oxygen atoms in total. The third kappa shape index (κ3) is 1.83. The van der Waals surface area contributed by atoms with E-state index in [2.05, 4.69) is 0 Å². The number of allylic oxidation sites excluding steroid dienone is 2. The molecule has 1 aromatic rings. The first kappa shape index (κ1) is 12.8. The van der Waals surface area contributed by atoms with Crippen molar-refractivity contribution >= 4 is 5.57 Å². The Hall–Kier alpha value is -1.66. The minimum Gasteiger partial charge on any atom is -0.320 e. The Bertz CT molecular complexity index is 529. The highest BCUT2D eigenvalue weighted by Gasteiger charge is 2.42. The van der Waals surface area contributed by atoms with Gasteiger partial charge in [0.25, 0.3) is 0 Å². The molecule has 6 heteroatoms. The van der Waals surface area contributed by atoms with Gasteiger partial charge in [0.15, 0.2) is 0 Å². The third-order valence-corrected chi connectivity index (χ3v) is 2.77. The van der Waals surface area contributed by atoms with Crippen molar-refractivity contribution in [1.82, 2.24) is 0 Å². The first-order chi connectivity index (χ1) is 8.35. The van der Waals surface area contributed by atoms with Crippen molar-refractivity contribution in [3.63, 3.8) is 0 Å². The lowest BCUT2D eigenvalue weighted by Crippen LogP contribution is -2.53. The van der Waals surface area contributed by atoms with E-state index in [1.807, 2.05) is 0 Å². The molecule has 0 saturated carbocycles. The van der Waals surface area contributed by atoms with Crippen LogP contribution in [0.25, 0.3) is 5.57 Å². The SMILES string of the molecule is NC1C=CC(F)=C(c2c(F)cccc2F)C1(N)F. The predicted octanol–water partition coefficient (Wildman–Crippen LogP) is 2.17. The summed E-state index contributed by atoms with van der Waals surface area (Å²) in [4.78, 5) is 0. The van der Waals surface area contributed by atoms with E-state index in [1.165, 1.54) is 0 Å². The lowest BCUT2D eigenvalue weighted by Gasteiger charge is -2.31. The second-order valence-corrected chi connectivity index (χ2v) is 3.97. The highest BCUT2D eigenvalue weighted by atomic mass is 19.2. The van der Waals surface area contributed by atoms with Crippen LogP contribution in [0, 0.1) is 11.6 Å². The average molecular weight is 258 g/mol. The fourth-order valence-electron chi connectivity index (χ4n) is 1.81. The van der Waals surface area contributed by atoms with E-state index in [1.54, 1.807) is 0 Å². The number of benzene rings is 1. The van der Waals surface area contributed by atoms with Crippen molar-refractivity contribution in [2.75, 3.05) is 0 Å². The van der Waals surface area contributed by atoms with E-state index in [4.69, 9.17) is 11.5 Å². The molecule has 4 N–H and O–H groups in total. The summed E-state index contributed by atoms with van der Waals surface area (Å²) in [6.07, 6.45) is 1.84. The maximum absolute atomic E-state index is 14.2. The molecule has 2 unspecified atom stereocenters. The minimum atomic E-state index is -2.87. The van der Waals surface area contributed by atoms with Gasteiger partial charge in [-0.15, -0.1) is 0 Å². The first-order valence-corrected chi connectivity index (χ1v) is 5.12. The van der Waals surface area contributed by atoms with Gasteiger partial charge in [0.1, 0.15) is 17.5 Å². The number of alkyl halides is 1. The predicted molar refractivity (Wildman–Crippen MR) is 59.5 cm³/mol. The van der Waals surface area contributed by atoms with Crippen LogP contribution < -0.4 is 11.5 Å². The van der Waals surface area contributed by atoms with Gasteiger partial charge >= 0.3 is 0 Å². The van der Waals surface area contributed by atoms with E-state index in [-0.39, 0.29) is 0 Å². The van der Waals surface area contributed by atoms with Crippen molar-refractivity contribution < 1.29 is 17.6 Å².